The number of methoxy groups -OCH3 is 1. The Bertz CT molecular complexity index is 698. The summed E-state index contributed by atoms with van der Waals surface area (Å²) in [7, 11) is 1.70. The maximum Gasteiger partial charge on any atom is 0.414 e. The molecule has 0 unspecified atom stereocenters. The van der Waals surface area contributed by atoms with E-state index in [0.29, 0.717) is 18.7 Å². The normalized spacial score (nSPS) is 23.2. The first-order chi connectivity index (χ1) is 13.1. The van der Waals surface area contributed by atoms with Crippen LogP contribution in [0.4, 0.5) is 5.69 Å². The number of carboxylic acids is 2. The first kappa shape index (κ1) is 22.5. The van der Waals surface area contributed by atoms with E-state index in [0.717, 1.165) is 17.1 Å². The highest BCUT2D eigenvalue weighted by atomic mass is 35.5. The maximum absolute atomic E-state index is 9.10. The number of rotatable bonds is 3. The van der Waals surface area contributed by atoms with Crippen molar-refractivity contribution in [3.8, 4) is 0 Å². The van der Waals surface area contributed by atoms with Crippen LogP contribution in [0.3, 0.4) is 0 Å². The van der Waals surface area contributed by atoms with Gasteiger partial charge in [0.2, 0.25) is 0 Å². The van der Waals surface area contributed by atoms with Crippen LogP contribution < -0.4 is 10.2 Å². The Hall–Kier alpha value is -1.83. The van der Waals surface area contributed by atoms with Gasteiger partial charge in [0.15, 0.2) is 0 Å². The molecule has 0 amide bonds. The van der Waals surface area contributed by atoms with Gasteiger partial charge in [-0.1, -0.05) is 30.5 Å². The summed E-state index contributed by atoms with van der Waals surface area (Å²) in [6, 6.07) is 7.60. The second-order valence-electron chi connectivity index (χ2n) is 7.93. The summed E-state index contributed by atoms with van der Waals surface area (Å²) in [6.07, 6.45) is 5.21. The quantitative estimate of drug-likeness (QED) is 0.656. The minimum absolute atomic E-state index is 0.135. The van der Waals surface area contributed by atoms with Gasteiger partial charge in [0.05, 0.1) is 6.61 Å². The molecule has 1 heterocycles. The van der Waals surface area contributed by atoms with Crippen molar-refractivity contribution in [1.82, 2.24) is 5.32 Å². The highest BCUT2D eigenvalue weighted by Gasteiger charge is 2.40. The number of benzene rings is 1. The SMILES string of the molecule is COCc1ccc(N2CC(C)(C)N[C@H]3CCCC[C@@H]32)cc1Cl.O=C(O)C(=O)O. The van der Waals surface area contributed by atoms with E-state index in [1.54, 1.807) is 7.11 Å². The molecule has 1 aromatic carbocycles. The van der Waals surface area contributed by atoms with Gasteiger partial charge in [-0.25, -0.2) is 9.59 Å². The van der Waals surface area contributed by atoms with Crippen molar-refractivity contribution in [2.24, 2.45) is 0 Å². The van der Waals surface area contributed by atoms with Crippen molar-refractivity contribution in [1.29, 1.82) is 0 Å². The summed E-state index contributed by atoms with van der Waals surface area (Å²) in [5, 5.41) is 19.4. The third-order valence-electron chi connectivity index (χ3n) is 5.12. The maximum atomic E-state index is 9.10. The number of fused-ring (bicyclic) bond motifs is 1. The number of piperazine rings is 1. The van der Waals surface area contributed by atoms with Crippen LogP contribution in [0.1, 0.15) is 45.1 Å². The van der Waals surface area contributed by atoms with Gasteiger partial charge in [-0.3, -0.25) is 0 Å². The van der Waals surface area contributed by atoms with Crippen LogP contribution in [0.5, 0.6) is 0 Å². The van der Waals surface area contributed by atoms with Crippen molar-refractivity contribution < 1.29 is 24.5 Å². The van der Waals surface area contributed by atoms with Crippen molar-refractivity contribution in [2.45, 2.75) is 63.8 Å². The minimum atomic E-state index is -1.82. The van der Waals surface area contributed by atoms with E-state index in [2.05, 4.69) is 42.3 Å². The van der Waals surface area contributed by atoms with Gasteiger partial charge >= 0.3 is 11.9 Å². The highest BCUT2D eigenvalue weighted by molar-refractivity contribution is 6.31. The Morgan fingerprint density at radius 3 is 2.46 bits per heavy atom. The molecule has 0 radical (unpaired) electrons. The van der Waals surface area contributed by atoms with Crippen LogP contribution in [0.15, 0.2) is 18.2 Å². The van der Waals surface area contributed by atoms with Gasteiger partial charge in [0.1, 0.15) is 0 Å². The molecule has 1 saturated heterocycles. The van der Waals surface area contributed by atoms with Gasteiger partial charge < -0.3 is 25.2 Å². The third-order valence-corrected chi connectivity index (χ3v) is 5.47. The first-order valence-corrected chi connectivity index (χ1v) is 9.80. The molecule has 1 aliphatic carbocycles. The Balaban J connectivity index is 0.000000409. The average Bonchev–Trinajstić information content (AvgIpc) is 2.62. The van der Waals surface area contributed by atoms with Crippen LogP contribution in [0, 0.1) is 0 Å². The van der Waals surface area contributed by atoms with Crippen LogP contribution in [0.2, 0.25) is 5.02 Å². The molecule has 1 aliphatic heterocycles. The van der Waals surface area contributed by atoms with Gasteiger partial charge in [-0.15, -0.1) is 0 Å². The van der Waals surface area contributed by atoms with Crippen LogP contribution in [0.25, 0.3) is 0 Å². The van der Waals surface area contributed by atoms with Crippen LogP contribution in [-0.4, -0.2) is 53.4 Å². The van der Waals surface area contributed by atoms with Gasteiger partial charge in [-0.2, -0.15) is 0 Å². The summed E-state index contributed by atoms with van der Waals surface area (Å²) in [5.74, 6) is -3.65. The average molecular weight is 413 g/mol. The lowest BCUT2D eigenvalue weighted by molar-refractivity contribution is -0.159. The molecule has 156 valence electrons. The standard InChI is InChI=1S/C18H27ClN2O.C2H2O4/c1-18(2)12-21(17-7-5-4-6-16(17)20-18)14-9-8-13(11-22-3)15(19)10-14;3-1(4)2(5)6/h8-10,16-17,20H,4-7,11-12H2,1-3H3;(H,3,4)(H,5,6)/t16-,17-;/m0./s1. The topological polar surface area (TPSA) is 99.1 Å². The van der Waals surface area contributed by atoms with E-state index in [9.17, 15) is 0 Å². The molecule has 8 heteroatoms. The Kier molecular flexibility index (Phi) is 7.69. The number of anilines is 1. The van der Waals surface area contributed by atoms with E-state index in [1.807, 2.05) is 0 Å². The zero-order valence-electron chi connectivity index (χ0n) is 16.6. The van der Waals surface area contributed by atoms with E-state index in [1.165, 1.54) is 31.4 Å². The van der Waals surface area contributed by atoms with Crippen molar-refractivity contribution in [3.05, 3.63) is 28.8 Å². The van der Waals surface area contributed by atoms with Crippen LogP contribution in [-0.2, 0) is 20.9 Å². The smallest absolute Gasteiger partial charge is 0.414 e. The van der Waals surface area contributed by atoms with Gasteiger partial charge in [0.25, 0.3) is 0 Å². The molecule has 2 atom stereocenters. The number of carbonyl (C=O) groups is 2. The fourth-order valence-electron chi connectivity index (χ4n) is 4.01. The molecule has 3 rings (SSSR count). The number of aliphatic carboxylic acids is 2. The molecule has 2 aliphatic rings. The molecule has 7 nitrogen and oxygen atoms in total. The number of halogens is 1. The number of ether oxygens (including phenoxy) is 1. The molecule has 1 aromatic rings. The second kappa shape index (κ2) is 9.58. The number of hydrogen-bond acceptors (Lipinski definition) is 5. The van der Waals surface area contributed by atoms with Crippen molar-refractivity contribution in [3.63, 3.8) is 0 Å². The fraction of sp³-hybridized carbons (Fsp3) is 0.600. The molecule has 0 aromatic heterocycles. The van der Waals surface area contributed by atoms with Gasteiger partial charge in [0, 0.05) is 42.0 Å². The Morgan fingerprint density at radius 2 is 1.89 bits per heavy atom. The van der Waals surface area contributed by atoms with Gasteiger partial charge in [-0.05, 0) is 44.4 Å². The Labute approximate surface area is 170 Å². The molecular weight excluding hydrogens is 384 g/mol. The predicted molar refractivity (Wildman–Crippen MR) is 108 cm³/mol. The zero-order chi connectivity index (χ0) is 20.9. The molecular formula is C20H29ClN2O5. The lowest BCUT2D eigenvalue weighted by Gasteiger charge is -2.52. The van der Waals surface area contributed by atoms with Crippen molar-refractivity contribution in [2.75, 3.05) is 18.6 Å². The molecule has 3 N–H and O–H groups in total. The summed E-state index contributed by atoms with van der Waals surface area (Å²) < 4.78 is 5.20. The molecule has 1 saturated carbocycles. The first-order valence-electron chi connectivity index (χ1n) is 9.42. The van der Waals surface area contributed by atoms with E-state index >= 15 is 0 Å². The monoisotopic (exact) mass is 412 g/mol. The highest BCUT2D eigenvalue weighted by Crippen LogP contribution is 2.35. The number of carboxylic acid groups (broad SMARTS) is 2. The second-order valence-corrected chi connectivity index (χ2v) is 8.34. The van der Waals surface area contributed by atoms with E-state index in [4.69, 9.17) is 36.1 Å². The lowest BCUT2D eigenvalue weighted by Crippen LogP contribution is -2.67. The third kappa shape index (κ3) is 5.83. The van der Waals surface area contributed by atoms with Crippen molar-refractivity contribution >= 4 is 29.2 Å². The zero-order valence-corrected chi connectivity index (χ0v) is 17.3. The predicted octanol–water partition coefficient (Wildman–Crippen LogP) is 3.14. The number of hydrogen-bond donors (Lipinski definition) is 3. The van der Waals surface area contributed by atoms with E-state index < -0.39 is 11.9 Å². The fourth-order valence-corrected chi connectivity index (χ4v) is 4.24. The molecule has 0 bridgehead atoms. The summed E-state index contributed by atoms with van der Waals surface area (Å²) in [4.78, 5) is 20.8. The largest absolute Gasteiger partial charge is 0.473 e. The van der Waals surface area contributed by atoms with E-state index in [-0.39, 0.29) is 5.54 Å². The summed E-state index contributed by atoms with van der Waals surface area (Å²) in [6.45, 7) is 6.18. The lowest BCUT2D eigenvalue weighted by atomic mass is 9.83. The summed E-state index contributed by atoms with van der Waals surface area (Å²) >= 11 is 6.45. The minimum Gasteiger partial charge on any atom is -0.473 e. The summed E-state index contributed by atoms with van der Waals surface area (Å²) in [5.41, 5.74) is 2.44. The number of nitrogens with zero attached hydrogens (tertiary/aromatic N) is 1. The molecule has 0 spiro atoms. The van der Waals surface area contributed by atoms with Crippen LogP contribution >= 0.6 is 11.6 Å². The molecule has 2 fully saturated rings. The molecule has 28 heavy (non-hydrogen) atoms. The number of nitrogens with one attached hydrogen (secondary N) is 1. The Morgan fingerprint density at radius 1 is 1.25 bits per heavy atom.